The van der Waals surface area contributed by atoms with E-state index in [1.807, 2.05) is 0 Å². The Morgan fingerprint density at radius 3 is 2.33 bits per heavy atom. The summed E-state index contributed by atoms with van der Waals surface area (Å²) in [7, 11) is 0. The zero-order chi connectivity index (χ0) is 21.7. The van der Waals surface area contributed by atoms with Crippen LogP contribution in [-0.2, 0) is 0 Å². The summed E-state index contributed by atoms with van der Waals surface area (Å²) in [5.41, 5.74) is 0.760. The number of nitrogens with zero attached hydrogens (tertiary/aromatic N) is 1. The third-order valence-electron chi connectivity index (χ3n) is 11.0. The molecule has 0 saturated heterocycles. The second kappa shape index (κ2) is 8.35. The van der Waals surface area contributed by atoms with E-state index in [1.165, 1.54) is 57.8 Å². The third kappa shape index (κ3) is 3.60. The van der Waals surface area contributed by atoms with E-state index in [1.54, 1.807) is 0 Å². The predicted octanol–water partition coefficient (Wildman–Crippen LogP) is 8.81. The van der Waals surface area contributed by atoms with Gasteiger partial charge in [0.05, 0.1) is 0 Å². The van der Waals surface area contributed by atoms with Crippen molar-refractivity contribution in [2.75, 3.05) is 0 Å². The van der Waals surface area contributed by atoms with Gasteiger partial charge >= 0.3 is 0 Å². The first kappa shape index (κ1) is 23.1. The summed E-state index contributed by atoms with van der Waals surface area (Å²) in [5, 5.41) is 3.52. The molecule has 4 aliphatic carbocycles. The molecule has 2 nitrogen and oxygen atoms in total. The summed E-state index contributed by atoms with van der Waals surface area (Å²) >= 11 is 6.85. The first-order valence-electron chi connectivity index (χ1n) is 13.2. The van der Waals surface area contributed by atoms with Crippen LogP contribution in [0.2, 0.25) is 0 Å². The smallest absolute Gasteiger partial charge is 0.149 e. The van der Waals surface area contributed by atoms with Gasteiger partial charge in [-0.1, -0.05) is 65.5 Å². The van der Waals surface area contributed by atoms with Crippen LogP contribution in [0.4, 0.5) is 0 Å². The molecule has 0 heterocycles. The summed E-state index contributed by atoms with van der Waals surface area (Å²) in [4.78, 5) is 10.9. The van der Waals surface area contributed by atoms with Crippen molar-refractivity contribution in [3.63, 3.8) is 0 Å². The maximum atomic E-state index is 11.7. The van der Waals surface area contributed by atoms with Crippen LogP contribution in [0.25, 0.3) is 0 Å². The Hall–Kier alpha value is -0.110. The topological polar surface area (TPSA) is 29.4 Å². The fraction of sp³-hybridized carbons (Fsp3) is 1.00. The Labute approximate surface area is 190 Å². The van der Waals surface area contributed by atoms with Crippen molar-refractivity contribution in [2.24, 2.45) is 57.4 Å². The number of halogens is 1. The SMILES string of the molecule is CC(C)CCC[C@@H](C)[C@@H]1CC[C@@H]2[C@@H]3CC[C@@H]4[C@](C)(CCC[C@]4(Cl)N=O)[C@@H]3CC[C@@]21C. The van der Waals surface area contributed by atoms with Gasteiger partial charge in [-0.3, -0.25) is 0 Å². The summed E-state index contributed by atoms with van der Waals surface area (Å²) < 4.78 is 0. The van der Waals surface area contributed by atoms with E-state index in [-0.39, 0.29) is 11.3 Å². The molecule has 0 unspecified atom stereocenters. The van der Waals surface area contributed by atoms with E-state index in [0.29, 0.717) is 5.41 Å². The molecule has 172 valence electrons. The molecule has 4 rings (SSSR count). The molecule has 0 aromatic rings. The van der Waals surface area contributed by atoms with Gasteiger partial charge in [-0.15, -0.1) is 4.91 Å². The molecule has 0 aliphatic heterocycles. The fourth-order valence-corrected chi connectivity index (χ4v) is 10.1. The van der Waals surface area contributed by atoms with E-state index in [2.05, 4.69) is 39.8 Å². The van der Waals surface area contributed by atoms with Crippen LogP contribution in [0.15, 0.2) is 5.18 Å². The lowest BCUT2D eigenvalue weighted by Gasteiger charge is -2.62. The van der Waals surface area contributed by atoms with E-state index in [0.717, 1.165) is 54.8 Å². The van der Waals surface area contributed by atoms with E-state index in [4.69, 9.17) is 11.6 Å². The molecular weight excluding hydrogens is 390 g/mol. The number of alkyl halides is 1. The van der Waals surface area contributed by atoms with Crippen molar-refractivity contribution in [2.45, 2.75) is 117 Å². The molecule has 0 spiro atoms. The van der Waals surface area contributed by atoms with Gasteiger partial charge in [0.1, 0.15) is 0 Å². The van der Waals surface area contributed by atoms with Crippen molar-refractivity contribution in [3.05, 3.63) is 4.91 Å². The highest BCUT2D eigenvalue weighted by atomic mass is 35.5. The van der Waals surface area contributed by atoms with Crippen molar-refractivity contribution in [3.8, 4) is 0 Å². The third-order valence-corrected chi connectivity index (χ3v) is 11.5. The molecule has 4 saturated carbocycles. The fourth-order valence-electron chi connectivity index (χ4n) is 9.57. The van der Waals surface area contributed by atoms with Gasteiger partial charge in [-0.25, -0.2) is 0 Å². The van der Waals surface area contributed by atoms with Crippen LogP contribution >= 0.6 is 11.6 Å². The first-order chi connectivity index (χ1) is 14.2. The number of nitroso groups, excluding NO2 is 1. The molecule has 3 heteroatoms. The molecule has 30 heavy (non-hydrogen) atoms. The van der Waals surface area contributed by atoms with Gasteiger partial charge in [-0.2, -0.15) is 0 Å². The second-order valence-corrected chi connectivity index (χ2v) is 13.5. The van der Waals surface area contributed by atoms with Crippen molar-refractivity contribution >= 4 is 11.6 Å². The average Bonchev–Trinajstić information content (AvgIpc) is 3.05. The molecule has 0 N–H and O–H groups in total. The van der Waals surface area contributed by atoms with Crippen LogP contribution in [0.3, 0.4) is 0 Å². The highest BCUT2D eigenvalue weighted by Gasteiger charge is 2.63. The highest BCUT2D eigenvalue weighted by Crippen LogP contribution is 2.70. The Balaban J connectivity index is 1.50. The quantitative estimate of drug-likeness (QED) is 0.232. The number of hydrogen-bond donors (Lipinski definition) is 0. The van der Waals surface area contributed by atoms with Gasteiger partial charge in [-0.05, 0) is 109 Å². The molecule has 0 aromatic carbocycles. The van der Waals surface area contributed by atoms with Crippen LogP contribution in [0.1, 0.15) is 112 Å². The largest absolute Gasteiger partial charge is 0.178 e. The van der Waals surface area contributed by atoms with Crippen LogP contribution < -0.4 is 0 Å². The van der Waals surface area contributed by atoms with Gasteiger partial charge in [0.2, 0.25) is 0 Å². The van der Waals surface area contributed by atoms with Crippen LogP contribution in [-0.4, -0.2) is 5.00 Å². The maximum Gasteiger partial charge on any atom is 0.178 e. The van der Waals surface area contributed by atoms with E-state index < -0.39 is 5.00 Å². The molecular formula is C27H46ClNO. The first-order valence-corrected chi connectivity index (χ1v) is 13.6. The monoisotopic (exact) mass is 435 g/mol. The zero-order valence-corrected chi connectivity index (χ0v) is 21.0. The van der Waals surface area contributed by atoms with Crippen molar-refractivity contribution in [1.29, 1.82) is 0 Å². The van der Waals surface area contributed by atoms with Crippen LogP contribution in [0, 0.1) is 57.2 Å². The lowest BCUT2D eigenvalue weighted by atomic mass is 9.44. The minimum atomic E-state index is -0.831. The molecule has 0 aromatic heterocycles. The summed E-state index contributed by atoms with van der Waals surface area (Å²) in [5.74, 6) is 5.40. The summed E-state index contributed by atoms with van der Waals surface area (Å²) in [6.45, 7) is 12.4. The molecule has 0 amide bonds. The average molecular weight is 436 g/mol. The Morgan fingerprint density at radius 1 is 0.900 bits per heavy atom. The Morgan fingerprint density at radius 2 is 1.63 bits per heavy atom. The lowest BCUT2D eigenvalue weighted by Crippen LogP contribution is -2.57. The van der Waals surface area contributed by atoms with Crippen molar-refractivity contribution < 1.29 is 0 Å². The predicted molar refractivity (Wildman–Crippen MR) is 127 cm³/mol. The Bertz CT molecular complexity index is 636. The highest BCUT2D eigenvalue weighted by molar-refractivity contribution is 6.24. The summed E-state index contributed by atoms with van der Waals surface area (Å²) in [6, 6.07) is 0. The normalized spacial score (nSPS) is 49.2. The molecule has 9 atom stereocenters. The van der Waals surface area contributed by atoms with Gasteiger partial charge in [0.25, 0.3) is 0 Å². The minimum Gasteiger partial charge on any atom is -0.149 e. The second-order valence-electron chi connectivity index (χ2n) is 12.8. The van der Waals surface area contributed by atoms with Crippen molar-refractivity contribution in [1.82, 2.24) is 0 Å². The minimum absolute atomic E-state index is 0.221. The van der Waals surface area contributed by atoms with Gasteiger partial charge in [0, 0.05) is 5.92 Å². The molecule has 0 radical (unpaired) electrons. The number of rotatable bonds is 6. The van der Waals surface area contributed by atoms with Gasteiger partial charge < -0.3 is 0 Å². The van der Waals surface area contributed by atoms with Crippen LogP contribution in [0.5, 0.6) is 0 Å². The van der Waals surface area contributed by atoms with Gasteiger partial charge in [0.15, 0.2) is 5.00 Å². The molecule has 4 aliphatic rings. The molecule has 4 fully saturated rings. The zero-order valence-electron chi connectivity index (χ0n) is 20.3. The van der Waals surface area contributed by atoms with E-state index >= 15 is 0 Å². The lowest BCUT2D eigenvalue weighted by molar-refractivity contribution is -0.123. The molecule has 0 bridgehead atoms. The maximum absolute atomic E-state index is 11.7. The number of hydrogen-bond acceptors (Lipinski definition) is 2. The number of fused-ring (bicyclic) bond motifs is 5. The Kier molecular flexibility index (Phi) is 6.42. The standard InChI is InChI=1S/C27H46ClNO/c1-18(2)8-6-9-19(3)21-11-12-22-20-10-13-24-26(5,15-7-16-27(24,28)29-30)23(20)14-17-25(21,22)4/h18-24H,6-17H2,1-5H3/t19-,20+,21+,22-,23-,24-,25-,26-,27+/m1/s1. The van der Waals surface area contributed by atoms with E-state index in [9.17, 15) is 4.91 Å². The summed E-state index contributed by atoms with van der Waals surface area (Å²) in [6.07, 6.45) is 15.3.